The minimum Gasteiger partial charge on any atom is -0.494 e. The highest BCUT2D eigenvalue weighted by molar-refractivity contribution is 9.10. The number of para-hydroxylation sites is 1. The Bertz CT molecular complexity index is 1810. The topological polar surface area (TPSA) is 74.3 Å². The fourth-order valence-corrected chi connectivity index (χ4v) is 5.17. The number of rotatable bonds is 6. The lowest BCUT2D eigenvalue weighted by molar-refractivity contribution is 0.340. The number of aromatic nitrogens is 5. The molecule has 0 aliphatic carbocycles. The normalized spacial score (nSPS) is 11.9. The lowest BCUT2D eigenvalue weighted by Gasteiger charge is -2.02. The lowest BCUT2D eigenvalue weighted by atomic mass is 10.1. The van der Waals surface area contributed by atoms with Gasteiger partial charge in [-0.2, -0.15) is 14.6 Å². The molecule has 0 aliphatic heterocycles. The van der Waals surface area contributed by atoms with Crippen molar-refractivity contribution >= 4 is 38.3 Å². The molecule has 0 N–H and O–H groups in total. The second kappa shape index (κ2) is 9.76. The quantitative estimate of drug-likeness (QED) is 0.269. The van der Waals surface area contributed by atoms with E-state index in [4.69, 9.17) is 9.84 Å². The zero-order chi connectivity index (χ0) is 25.4. The molecular weight excluding hydrogens is 550 g/mol. The van der Waals surface area contributed by atoms with Gasteiger partial charge >= 0.3 is 0 Å². The summed E-state index contributed by atoms with van der Waals surface area (Å²) in [4.78, 5) is 18.4. The predicted octanol–water partition coefficient (Wildman–Crippen LogP) is 5.38. The van der Waals surface area contributed by atoms with Crippen molar-refractivity contribution < 1.29 is 4.74 Å². The Hall–Kier alpha value is -4.08. The molecule has 3 aromatic carbocycles. The first-order valence-electron chi connectivity index (χ1n) is 11.6. The van der Waals surface area contributed by atoms with Gasteiger partial charge in [-0.1, -0.05) is 57.6 Å². The first-order valence-corrected chi connectivity index (χ1v) is 13.3. The number of hydrogen-bond donors (Lipinski definition) is 0. The van der Waals surface area contributed by atoms with Crippen LogP contribution in [-0.2, 0) is 0 Å². The third kappa shape index (κ3) is 4.59. The Balaban J connectivity index is 1.43. The van der Waals surface area contributed by atoms with Gasteiger partial charge in [0.05, 0.1) is 22.5 Å². The van der Waals surface area contributed by atoms with Crippen molar-refractivity contribution in [3.63, 3.8) is 0 Å². The van der Waals surface area contributed by atoms with Crippen molar-refractivity contribution in [2.24, 2.45) is 0 Å². The van der Waals surface area contributed by atoms with Crippen LogP contribution in [0.15, 0.2) is 94.3 Å². The van der Waals surface area contributed by atoms with Crippen LogP contribution in [0.5, 0.6) is 5.75 Å². The van der Waals surface area contributed by atoms with Crippen molar-refractivity contribution in [2.75, 3.05) is 6.61 Å². The summed E-state index contributed by atoms with van der Waals surface area (Å²) in [5.41, 5.74) is 4.12. The molecule has 3 heterocycles. The summed E-state index contributed by atoms with van der Waals surface area (Å²) < 4.78 is 10.2. The molecule has 0 radical (unpaired) electrons. The van der Waals surface area contributed by atoms with E-state index in [1.807, 2.05) is 103 Å². The van der Waals surface area contributed by atoms with Gasteiger partial charge in [0.1, 0.15) is 5.75 Å². The van der Waals surface area contributed by atoms with Crippen LogP contribution in [0.25, 0.3) is 39.4 Å². The van der Waals surface area contributed by atoms with Crippen molar-refractivity contribution in [3.05, 3.63) is 110 Å². The molecular formula is C28H20BrN5O2S. The van der Waals surface area contributed by atoms with Crippen molar-refractivity contribution in [1.82, 2.24) is 24.4 Å². The molecule has 3 aromatic heterocycles. The second-order valence-corrected chi connectivity index (χ2v) is 10.1. The molecule has 7 nitrogen and oxygen atoms in total. The van der Waals surface area contributed by atoms with Crippen LogP contribution in [0.2, 0.25) is 0 Å². The molecule has 0 atom stereocenters. The maximum Gasteiger partial charge on any atom is 0.291 e. The Labute approximate surface area is 224 Å². The van der Waals surface area contributed by atoms with E-state index in [-0.39, 0.29) is 5.56 Å². The number of benzene rings is 3. The number of halogens is 1. The van der Waals surface area contributed by atoms with Gasteiger partial charge in [-0.3, -0.25) is 4.79 Å². The Morgan fingerprint density at radius 2 is 1.68 bits per heavy atom. The van der Waals surface area contributed by atoms with Gasteiger partial charge in [-0.05, 0) is 61.5 Å². The number of nitrogens with zero attached hydrogens (tertiary/aromatic N) is 5. The van der Waals surface area contributed by atoms with E-state index < -0.39 is 0 Å². The molecule has 6 aromatic rings. The zero-order valence-corrected chi connectivity index (χ0v) is 22.1. The highest BCUT2D eigenvalue weighted by Gasteiger charge is 2.15. The van der Waals surface area contributed by atoms with E-state index in [9.17, 15) is 4.79 Å². The van der Waals surface area contributed by atoms with Gasteiger partial charge in [0, 0.05) is 27.4 Å². The zero-order valence-electron chi connectivity index (χ0n) is 19.7. The van der Waals surface area contributed by atoms with Gasteiger partial charge in [0.15, 0.2) is 5.82 Å². The summed E-state index contributed by atoms with van der Waals surface area (Å²) in [6.45, 7) is 2.54. The summed E-state index contributed by atoms with van der Waals surface area (Å²) in [6, 6.07) is 25.4. The first kappa shape index (κ1) is 23.3. The summed E-state index contributed by atoms with van der Waals surface area (Å²) in [7, 11) is 0. The highest BCUT2D eigenvalue weighted by Crippen LogP contribution is 2.26. The standard InChI is InChI=1S/C28H20BrN5O2S/c1-2-36-23-14-10-19(11-15-23)26-30-28-34(32-26)27(35)24(37-28)16-20-17-33(22-6-4-3-5-7-22)31-25(20)18-8-12-21(29)13-9-18/h3-17H,2H2,1H3/b24-16-. The van der Waals surface area contributed by atoms with Gasteiger partial charge in [0.25, 0.3) is 5.56 Å². The fraction of sp³-hybridized carbons (Fsp3) is 0.0714. The van der Waals surface area contributed by atoms with Crippen molar-refractivity contribution in [2.45, 2.75) is 6.92 Å². The van der Waals surface area contributed by atoms with Crippen LogP contribution in [0.1, 0.15) is 12.5 Å². The average molecular weight is 570 g/mol. The molecule has 6 rings (SSSR count). The Morgan fingerprint density at radius 1 is 0.946 bits per heavy atom. The molecule has 0 bridgehead atoms. The molecule has 0 saturated heterocycles. The number of thiazole rings is 1. The Morgan fingerprint density at radius 3 is 2.38 bits per heavy atom. The van der Waals surface area contributed by atoms with E-state index in [2.05, 4.69) is 26.0 Å². The van der Waals surface area contributed by atoms with E-state index in [1.165, 1.54) is 15.9 Å². The van der Waals surface area contributed by atoms with Crippen LogP contribution in [-0.4, -0.2) is 31.0 Å². The average Bonchev–Trinajstić information content (AvgIpc) is 3.61. The number of ether oxygens (including phenoxy) is 1. The molecule has 0 saturated carbocycles. The van der Waals surface area contributed by atoms with Crippen LogP contribution in [0, 0.1) is 0 Å². The van der Waals surface area contributed by atoms with Crippen molar-refractivity contribution in [3.8, 4) is 34.1 Å². The summed E-state index contributed by atoms with van der Waals surface area (Å²) in [5, 5.41) is 9.33. The molecule has 182 valence electrons. The number of hydrogen-bond acceptors (Lipinski definition) is 6. The van der Waals surface area contributed by atoms with Gasteiger partial charge in [-0.15, -0.1) is 5.10 Å². The van der Waals surface area contributed by atoms with Gasteiger partial charge < -0.3 is 4.74 Å². The third-order valence-electron chi connectivity index (χ3n) is 5.77. The molecule has 0 unspecified atom stereocenters. The van der Waals surface area contributed by atoms with E-state index in [1.54, 1.807) is 0 Å². The molecule has 0 spiro atoms. The van der Waals surface area contributed by atoms with Crippen molar-refractivity contribution in [1.29, 1.82) is 0 Å². The fourth-order valence-electron chi connectivity index (χ4n) is 4.00. The van der Waals surface area contributed by atoms with Crippen LogP contribution in [0.3, 0.4) is 0 Å². The summed E-state index contributed by atoms with van der Waals surface area (Å²) in [5.74, 6) is 1.29. The molecule has 9 heteroatoms. The summed E-state index contributed by atoms with van der Waals surface area (Å²) >= 11 is 4.80. The monoisotopic (exact) mass is 569 g/mol. The minimum atomic E-state index is -0.209. The van der Waals surface area contributed by atoms with Gasteiger partial charge in [0.2, 0.25) is 4.96 Å². The van der Waals surface area contributed by atoms with E-state index in [0.717, 1.165) is 38.3 Å². The van der Waals surface area contributed by atoms with Crippen LogP contribution < -0.4 is 14.8 Å². The van der Waals surface area contributed by atoms with E-state index >= 15 is 0 Å². The number of fused-ring (bicyclic) bond motifs is 1. The molecule has 0 fully saturated rings. The van der Waals surface area contributed by atoms with Crippen LogP contribution >= 0.6 is 27.3 Å². The lowest BCUT2D eigenvalue weighted by Crippen LogP contribution is -2.23. The van der Waals surface area contributed by atoms with E-state index in [0.29, 0.717) is 21.9 Å². The summed E-state index contributed by atoms with van der Waals surface area (Å²) in [6.07, 6.45) is 3.80. The SMILES string of the molecule is CCOc1ccc(-c2nc3s/c(=C\c4cn(-c5ccccc5)nc4-c4ccc(Br)cc4)c(=O)n3n2)cc1. The first-order chi connectivity index (χ1) is 18.1. The smallest absolute Gasteiger partial charge is 0.291 e. The predicted molar refractivity (Wildman–Crippen MR) is 149 cm³/mol. The molecule has 0 amide bonds. The van der Waals surface area contributed by atoms with Gasteiger partial charge in [-0.25, -0.2) is 4.68 Å². The third-order valence-corrected chi connectivity index (χ3v) is 7.26. The second-order valence-electron chi connectivity index (χ2n) is 8.22. The minimum absolute atomic E-state index is 0.209. The van der Waals surface area contributed by atoms with Crippen LogP contribution in [0.4, 0.5) is 0 Å². The largest absolute Gasteiger partial charge is 0.494 e. The maximum atomic E-state index is 13.3. The maximum absolute atomic E-state index is 13.3. The molecule has 0 aliphatic rings. The Kier molecular flexibility index (Phi) is 6.15. The highest BCUT2D eigenvalue weighted by atomic mass is 79.9. The molecule has 37 heavy (non-hydrogen) atoms.